The fourth-order valence-electron chi connectivity index (χ4n) is 2.02. The molecule has 0 unspecified atom stereocenters. The second kappa shape index (κ2) is 5.86. The van der Waals surface area contributed by atoms with Gasteiger partial charge in [0.1, 0.15) is 11.5 Å². The van der Waals surface area contributed by atoms with E-state index in [0.29, 0.717) is 6.07 Å². The van der Waals surface area contributed by atoms with Crippen LogP contribution < -0.4 is 10.6 Å². The first-order chi connectivity index (χ1) is 9.79. The van der Waals surface area contributed by atoms with Gasteiger partial charge in [-0.2, -0.15) is 13.2 Å². The van der Waals surface area contributed by atoms with Crippen LogP contribution in [0.25, 0.3) is 0 Å². The van der Waals surface area contributed by atoms with Gasteiger partial charge in [0, 0.05) is 13.1 Å². The van der Waals surface area contributed by atoms with E-state index < -0.39 is 23.9 Å². The number of halogens is 3. The van der Waals surface area contributed by atoms with E-state index in [-0.39, 0.29) is 37.7 Å². The number of nitrogens with two attached hydrogens (primary N) is 1. The zero-order valence-corrected chi connectivity index (χ0v) is 10.9. The first-order valence-electron chi connectivity index (χ1n) is 6.18. The standard InChI is InChI=1S/C12H14F3N3O3/c13-12(14,15)9-2-1-8(10(16)20)11(17-9)18-3-4-21-6-7(19)5-18/h1-2,7,19H,3-6H2,(H2,16,20)/t7-/m0/s1. The molecule has 6 nitrogen and oxygen atoms in total. The van der Waals surface area contributed by atoms with Gasteiger partial charge in [-0.25, -0.2) is 4.98 Å². The first-order valence-corrected chi connectivity index (χ1v) is 6.18. The van der Waals surface area contributed by atoms with Crippen LogP contribution in [0.4, 0.5) is 19.0 Å². The number of pyridine rings is 1. The minimum absolute atomic E-state index is 0.00852. The molecule has 2 heterocycles. The molecule has 0 aromatic carbocycles. The van der Waals surface area contributed by atoms with Crippen molar-refractivity contribution in [2.24, 2.45) is 5.73 Å². The van der Waals surface area contributed by atoms with E-state index in [2.05, 4.69) is 4.98 Å². The Kier molecular flexibility index (Phi) is 4.33. The van der Waals surface area contributed by atoms with Crippen LogP contribution in [0.1, 0.15) is 16.1 Å². The van der Waals surface area contributed by atoms with Crippen molar-refractivity contribution in [1.82, 2.24) is 4.98 Å². The van der Waals surface area contributed by atoms with Crippen molar-refractivity contribution in [3.63, 3.8) is 0 Å². The average Bonchev–Trinajstić information content (AvgIpc) is 2.61. The zero-order chi connectivity index (χ0) is 15.6. The SMILES string of the molecule is NC(=O)c1ccc(C(F)(F)F)nc1N1CCOC[C@@H](O)C1. The Morgan fingerprint density at radius 1 is 1.48 bits per heavy atom. The molecule has 1 aliphatic rings. The predicted octanol–water partition coefficient (Wildman–Crippen LogP) is 0.397. The minimum Gasteiger partial charge on any atom is -0.389 e. The van der Waals surface area contributed by atoms with Gasteiger partial charge in [-0.15, -0.1) is 0 Å². The number of β-amino-alcohol motifs (C(OH)–C–C–N with tert-alkyl or cyclic N) is 1. The Balaban J connectivity index is 2.44. The van der Waals surface area contributed by atoms with Crippen molar-refractivity contribution in [2.45, 2.75) is 12.3 Å². The van der Waals surface area contributed by atoms with Crippen LogP contribution in [0.3, 0.4) is 0 Å². The summed E-state index contributed by atoms with van der Waals surface area (Å²) < 4.78 is 43.4. The molecule has 1 atom stereocenters. The van der Waals surface area contributed by atoms with Crippen molar-refractivity contribution in [1.29, 1.82) is 0 Å². The number of aliphatic hydroxyl groups is 1. The number of carbonyl (C=O) groups is 1. The Labute approximate surface area is 118 Å². The lowest BCUT2D eigenvalue weighted by Crippen LogP contribution is -2.35. The molecule has 9 heteroatoms. The predicted molar refractivity (Wildman–Crippen MR) is 66.8 cm³/mol. The molecular formula is C12H14F3N3O3. The molecule has 2 rings (SSSR count). The molecule has 0 bridgehead atoms. The van der Waals surface area contributed by atoms with E-state index in [1.165, 1.54) is 4.90 Å². The Morgan fingerprint density at radius 3 is 2.81 bits per heavy atom. The number of nitrogens with zero attached hydrogens (tertiary/aromatic N) is 2. The summed E-state index contributed by atoms with van der Waals surface area (Å²) in [5.41, 5.74) is 3.92. The second-order valence-electron chi connectivity index (χ2n) is 4.60. The number of primary amides is 1. The first kappa shape index (κ1) is 15.5. The maximum atomic E-state index is 12.8. The van der Waals surface area contributed by atoms with Gasteiger partial charge in [0.25, 0.3) is 5.91 Å². The van der Waals surface area contributed by atoms with Crippen LogP contribution in [0.2, 0.25) is 0 Å². The summed E-state index contributed by atoms with van der Waals surface area (Å²) in [5, 5.41) is 9.65. The van der Waals surface area contributed by atoms with E-state index in [9.17, 15) is 23.1 Å². The van der Waals surface area contributed by atoms with Crippen LogP contribution in [0, 0.1) is 0 Å². The summed E-state index contributed by atoms with van der Waals surface area (Å²) in [6.45, 7) is 0.481. The van der Waals surface area contributed by atoms with E-state index >= 15 is 0 Å². The Hall–Kier alpha value is -1.87. The monoisotopic (exact) mass is 305 g/mol. The van der Waals surface area contributed by atoms with E-state index in [1.807, 2.05) is 0 Å². The van der Waals surface area contributed by atoms with E-state index in [4.69, 9.17) is 10.5 Å². The number of alkyl halides is 3. The lowest BCUT2D eigenvalue weighted by Gasteiger charge is -2.25. The van der Waals surface area contributed by atoms with Gasteiger partial charge in [-0.1, -0.05) is 0 Å². The zero-order valence-electron chi connectivity index (χ0n) is 10.9. The molecule has 1 fully saturated rings. The molecule has 1 aromatic rings. The molecule has 0 aliphatic carbocycles. The third-order valence-electron chi connectivity index (χ3n) is 2.98. The van der Waals surface area contributed by atoms with Crippen LogP contribution in [-0.2, 0) is 10.9 Å². The molecule has 21 heavy (non-hydrogen) atoms. The highest BCUT2D eigenvalue weighted by Gasteiger charge is 2.34. The highest BCUT2D eigenvalue weighted by Crippen LogP contribution is 2.30. The maximum Gasteiger partial charge on any atom is 0.433 e. The van der Waals surface area contributed by atoms with Gasteiger partial charge >= 0.3 is 6.18 Å². The quantitative estimate of drug-likeness (QED) is 0.825. The Bertz CT molecular complexity index is 536. The molecule has 1 amide bonds. The third-order valence-corrected chi connectivity index (χ3v) is 2.98. The number of carbonyl (C=O) groups excluding carboxylic acids is 1. The fourth-order valence-corrected chi connectivity index (χ4v) is 2.02. The van der Waals surface area contributed by atoms with Crippen molar-refractivity contribution in [3.8, 4) is 0 Å². The van der Waals surface area contributed by atoms with Crippen LogP contribution >= 0.6 is 0 Å². The highest BCUT2D eigenvalue weighted by atomic mass is 19.4. The van der Waals surface area contributed by atoms with E-state index in [0.717, 1.165) is 6.07 Å². The minimum atomic E-state index is -4.63. The molecule has 0 spiro atoms. The van der Waals surface area contributed by atoms with Crippen molar-refractivity contribution in [3.05, 3.63) is 23.4 Å². The van der Waals surface area contributed by atoms with Crippen molar-refractivity contribution < 1.29 is 27.8 Å². The summed E-state index contributed by atoms with van der Waals surface area (Å²) in [5.74, 6) is -1.08. The number of hydrogen-bond acceptors (Lipinski definition) is 5. The summed E-state index contributed by atoms with van der Waals surface area (Å²) in [6.07, 6.45) is -5.52. The largest absolute Gasteiger partial charge is 0.433 e. The normalized spacial score (nSPS) is 20.2. The number of amides is 1. The summed E-state index contributed by atoms with van der Waals surface area (Å²) in [6, 6.07) is 1.69. The summed E-state index contributed by atoms with van der Waals surface area (Å²) in [4.78, 5) is 16.2. The van der Waals surface area contributed by atoms with Gasteiger partial charge < -0.3 is 20.5 Å². The van der Waals surface area contributed by atoms with Crippen LogP contribution in [0.15, 0.2) is 12.1 Å². The van der Waals surface area contributed by atoms with Crippen molar-refractivity contribution >= 4 is 11.7 Å². The van der Waals surface area contributed by atoms with Gasteiger partial charge in [0.2, 0.25) is 0 Å². The molecular weight excluding hydrogens is 291 g/mol. The van der Waals surface area contributed by atoms with Crippen LogP contribution in [0.5, 0.6) is 0 Å². The molecule has 3 N–H and O–H groups in total. The molecule has 1 saturated heterocycles. The molecule has 116 valence electrons. The fraction of sp³-hybridized carbons (Fsp3) is 0.500. The highest BCUT2D eigenvalue weighted by molar-refractivity contribution is 5.97. The number of hydrogen-bond donors (Lipinski definition) is 2. The number of aromatic nitrogens is 1. The molecule has 0 saturated carbocycles. The smallest absolute Gasteiger partial charge is 0.389 e. The number of rotatable bonds is 2. The second-order valence-corrected chi connectivity index (χ2v) is 4.60. The van der Waals surface area contributed by atoms with Gasteiger partial charge in [-0.3, -0.25) is 4.79 Å². The topological polar surface area (TPSA) is 88.7 Å². The van der Waals surface area contributed by atoms with E-state index in [1.54, 1.807) is 0 Å². The lowest BCUT2D eigenvalue weighted by atomic mass is 10.2. The maximum absolute atomic E-state index is 12.8. The molecule has 1 aliphatic heterocycles. The average molecular weight is 305 g/mol. The van der Waals surface area contributed by atoms with Crippen LogP contribution in [-0.4, -0.2) is 48.4 Å². The summed E-state index contributed by atoms with van der Waals surface area (Å²) >= 11 is 0. The Morgan fingerprint density at radius 2 is 2.19 bits per heavy atom. The molecule has 0 radical (unpaired) electrons. The van der Waals surface area contributed by atoms with Gasteiger partial charge in [0.05, 0.1) is 24.9 Å². The number of anilines is 1. The van der Waals surface area contributed by atoms with Crippen molar-refractivity contribution in [2.75, 3.05) is 31.2 Å². The van der Waals surface area contributed by atoms with Gasteiger partial charge in [0.15, 0.2) is 0 Å². The lowest BCUT2D eigenvalue weighted by molar-refractivity contribution is -0.141. The summed E-state index contributed by atoms with van der Waals surface area (Å²) in [7, 11) is 0. The van der Waals surface area contributed by atoms with Gasteiger partial charge in [-0.05, 0) is 12.1 Å². The third kappa shape index (κ3) is 3.61. The number of ether oxygens (including phenoxy) is 1. The number of aliphatic hydroxyl groups excluding tert-OH is 1. The molecule has 1 aromatic heterocycles.